The maximum Gasteiger partial charge on any atom is -0.0292 e. The molecule has 1 aliphatic rings. The molecule has 0 aromatic carbocycles. The van der Waals surface area contributed by atoms with Gasteiger partial charge in [-0.25, -0.2) is 0 Å². The van der Waals surface area contributed by atoms with Crippen LogP contribution in [0.3, 0.4) is 0 Å². The van der Waals surface area contributed by atoms with Crippen LogP contribution in [-0.2, 0) is 0 Å². The predicted molar refractivity (Wildman–Crippen MR) is 143 cm³/mol. The molecule has 0 radical (unpaired) electrons. The van der Waals surface area contributed by atoms with Gasteiger partial charge in [-0.15, -0.1) is 0 Å². The van der Waals surface area contributed by atoms with Crippen molar-refractivity contribution in [3.05, 3.63) is 0 Å². The van der Waals surface area contributed by atoms with Crippen LogP contribution in [0.2, 0.25) is 0 Å². The summed E-state index contributed by atoms with van der Waals surface area (Å²) in [4.78, 5) is 0. The van der Waals surface area contributed by atoms with Gasteiger partial charge in [0.25, 0.3) is 0 Å². The van der Waals surface area contributed by atoms with E-state index in [1.807, 2.05) is 0 Å². The lowest BCUT2D eigenvalue weighted by atomic mass is 9.52. The van der Waals surface area contributed by atoms with E-state index in [1.54, 1.807) is 0 Å². The topological polar surface area (TPSA) is 0 Å². The molecule has 0 bridgehead atoms. The predicted octanol–water partition coefficient (Wildman–Crippen LogP) is 11.4. The summed E-state index contributed by atoms with van der Waals surface area (Å²) in [5, 5.41) is 0. The van der Waals surface area contributed by atoms with E-state index in [0.717, 1.165) is 23.7 Å². The van der Waals surface area contributed by atoms with Crippen molar-refractivity contribution in [3.63, 3.8) is 0 Å². The molecule has 1 aliphatic carbocycles. The first kappa shape index (κ1) is 29.0. The summed E-state index contributed by atoms with van der Waals surface area (Å²) in [7, 11) is 0. The normalized spacial score (nSPS) is 25.4. The number of hydrogen-bond acceptors (Lipinski definition) is 0. The van der Waals surface area contributed by atoms with E-state index in [2.05, 4.69) is 41.5 Å². The highest BCUT2D eigenvalue weighted by molar-refractivity contribution is 4.96. The fourth-order valence-electron chi connectivity index (χ4n) is 6.87. The van der Waals surface area contributed by atoms with Gasteiger partial charge in [0.15, 0.2) is 0 Å². The van der Waals surface area contributed by atoms with Crippen molar-refractivity contribution in [2.75, 3.05) is 0 Å². The highest BCUT2D eigenvalue weighted by Gasteiger charge is 2.46. The summed E-state index contributed by atoms with van der Waals surface area (Å²) in [6.45, 7) is 14.8. The molecule has 0 aromatic rings. The van der Waals surface area contributed by atoms with Crippen molar-refractivity contribution in [1.82, 2.24) is 0 Å². The molecule has 1 rings (SSSR count). The molecule has 0 amide bonds. The second-order valence-electron chi connectivity index (χ2n) is 12.0. The van der Waals surface area contributed by atoms with E-state index in [0.29, 0.717) is 5.41 Å². The van der Waals surface area contributed by atoms with Gasteiger partial charge in [-0.2, -0.15) is 0 Å². The Bertz CT molecular complexity index is 399. The first-order valence-electron chi connectivity index (χ1n) is 15.0. The van der Waals surface area contributed by atoms with E-state index in [9.17, 15) is 0 Å². The Morgan fingerprint density at radius 1 is 0.677 bits per heavy atom. The van der Waals surface area contributed by atoms with Crippen LogP contribution in [0.4, 0.5) is 0 Å². The standard InChI is InChI=1S/C31H62/c1-7-10-13-14-15-16-17-19-24-30-28(5)26-31(30,6)25-20-21-27(4)29(22-12-9-3)23-18-11-8-2/h27-30H,7-26H2,1-6H3. The molecule has 1 saturated carbocycles. The van der Waals surface area contributed by atoms with Gasteiger partial charge in [0.2, 0.25) is 0 Å². The van der Waals surface area contributed by atoms with Gasteiger partial charge in [-0.1, -0.05) is 151 Å². The van der Waals surface area contributed by atoms with Crippen LogP contribution in [-0.4, -0.2) is 0 Å². The number of unbranched alkanes of at least 4 members (excludes halogenated alkanes) is 10. The molecule has 1 fully saturated rings. The molecule has 0 spiro atoms. The van der Waals surface area contributed by atoms with Gasteiger partial charge < -0.3 is 0 Å². The molecule has 5 unspecified atom stereocenters. The van der Waals surface area contributed by atoms with E-state index in [4.69, 9.17) is 0 Å². The monoisotopic (exact) mass is 434 g/mol. The zero-order valence-electron chi connectivity index (χ0n) is 23.0. The van der Waals surface area contributed by atoms with Crippen LogP contribution >= 0.6 is 0 Å². The number of hydrogen-bond donors (Lipinski definition) is 0. The Balaban J connectivity index is 2.28. The van der Waals surface area contributed by atoms with Gasteiger partial charge in [-0.3, -0.25) is 0 Å². The third kappa shape index (κ3) is 11.6. The molecule has 0 heterocycles. The third-order valence-corrected chi connectivity index (χ3v) is 9.06. The molecule has 0 nitrogen and oxygen atoms in total. The first-order valence-corrected chi connectivity index (χ1v) is 15.0. The Labute approximate surface area is 199 Å². The van der Waals surface area contributed by atoms with Gasteiger partial charge in [0.1, 0.15) is 0 Å². The zero-order chi connectivity index (χ0) is 23.0. The van der Waals surface area contributed by atoms with Crippen molar-refractivity contribution in [2.45, 2.75) is 170 Å². The summed E-state index contributed by atoms with van der Waals surface area (Å²) in [5.74, 6) is 3.94. The minimum atomic E-state index is 0.668. The van der Waals surface area contributed by atoms with Gasteiger partial charge in [0.05, 0.1) is 0 Å². The second-order valence-corrected chi connectivity index (χ2v) is 12.0. The summed E-state index contributed by atoms with van der Waals surface area (Å²) in [5.41, 5.74) is 0.668. The third-order valence-electron chi connectivity index (χ3n) is 9.06. The zero-order valence-corrected chi connectivity index (χ0v) is 23.0. The lowest BCUT2D eigenvalue weighted by Gasteiger charge is -2.53. The molecule has 0 saturated heterocycles. The first-order chi connectivity index (χ1) is 15.0. The molecule has 31 heavy (non-hydrogen) atoms. The molecule has 0 heteroatoms. The van der Waals surface area contributed by atoms with Crippen LogP contribution in [0, 0.1) is 29.1 Å². The summed E-state index contributed by atoms with van der Waals surface area (Å²) in [6, 6.07) is 0. The quantitative estimate of drug-likeness (QED) is 0.157. The Morgan fingerprint density at radius 3 is 1.84 bits per heavy atom. The van der Waals surface area contributed by atoms with Crippen molar-refractivity contribution in [2.24, 2.45) is 29.1 Å². The van der Waals surface area contributed by atoms with Crippen LogP contribution in [0.15, 0.2) is 0 Å². The highest BCUT2D eigenvalue weighted by Crippen LogP contribution is 2.56. The minimum absolute atomic E-state index is 0.668. The van der Waals surface area contributed by atoms with Crippen molar-refractivity contribution in [3.8, 4) is 0 Å². The molecular formula is C31H62. The van der Waals surface area contributed by atoms with Crippen LogP contribution in [0.1, 0.15) is 170 Å². The molecular weight excluding hydrogens is 372 g/mol. The average molecular weight is 435 g/mol. The van der Waals surface area contributed by atoms with E-state index < -0.39 is 0 Å². The van der Waals surface area contributed by atoms with Gasteiger partial charge in [-0.05, 0) is 48.3 Å². The van der Waals surface area contributed by atoms with Crippen LogP contribution < -0.4 is 0 Å². The Morgan fingerprint density at radius 2 is 1.23 bits per heavy atom. The van der Waals surface area contributed by atoms with Crippen LogP contribution in [0.5, 0.6) is 0 Å². The summed E-state index contributed by atoms with van der Waals surface area (Å²) in [6.07, 6.45) is 29.2. The van der Waals surface area contributed by atoms with Crippen LogP contribution in [0.25, 0.3) is 0 Å². The Hall–Kier alpha value is 0. The second kappa shape index (κ2) is 17.5. The fraction of sp³-hybridized carbons (Fsp3) is 1.00. The Kier molecular flexibility index (Phi) is 16.4. The van der Waals surface area contributed by atoms with Crippen molar-refractivity contribution in [1.29, 1.82) is 0 Å². The van der Waals surface area contributed by atoms with E-state index in [-0.39, 0.29) is 0 Å². The fourth-order valence-corrected chi connectivity index (χ4v) is 6.87. The lowest BCUT2D eigenvalue weighted by Crippen LogP contribution is -2.44. The highest BCUT2D eigenvalue weighted by atomic mass is 14.5. The smallest absolute Gasteiger partial charge is 0.0292 e. The lowest BCUT2D eigenvalue weighted by molar-refractivity contribution is -0.0345. The van der Waals surface area contributed by atoms with Gasteiger partial charge >= 0.3 is 0 Å². The molecule has 0 aliphatic heterocycles. The molecule has 0 N–H and O–H groups in total. The van der Waals surface area contributed by atoms with E-state index in [1.165, 1.54) is 128 Å². The number of rotatable bonds is 21. The maximum atomic E-state index is 2.64. The van der Waals surface area contributed by atoms with Gasteiger partial charge in [0, 0.05) is 0 Å². The van der Waals surface area contributed by atoms with Crippen molar-refractivity contribution < 1.29 is 0 Å². The minimum Gasteiger partial charge on any atom is -0.0654 e. The SMILES string of the molecule is CCCCCCCCCCC1C(C)CC1(C)CCCC(C)C(CCCC)CCCCC. The largest absolute Gasteiger partial charge is 0.0654 e. The van der Waals surface area contributed by atoms with Crippen molar-refractivity contribution >= 4 is 0 Å². The van der Waals surface area contributed by atoms with E-state index >= 15 is 0 Å². The maximum absolute atomic E-state index is 2.64. The molecule has 5 atom stereocenters. The molecule has 0 aromatic heterocycles. The molecule has 186 valence electrons. The average Bonchev–Trinajstić information content (AvgIpc) is 2.74. The summed E-state index contributed by atoms with van der Waals surface area (Å²) >= 11 is 0. The summed E-state index contributed by atoms with van der Waals surface area (Å²) < 4.78 is 0.